The number of hydrogen-bond acceptors (Lipinski definition) is 3. The first-order valence-corrected chi connectivity index (χ1v) is 9.30. The number of carbonyl (C=O) groups excluding carboxylic acids is 1. The van der Waals surface area contributed by atoms with Gasteiger partial charge in [-0.3, -0.25) is 0 Å². The topological polar surface area (TPSA) is 43.6 Å². The van der Waals surface area contributed by atoms with E-state index < -0.39 is 5.97 Å². The van der Waals surface area contributed by atoms with Gasteiger partial charge >= 0.3 is 5.97 Å². The molecule has 0 aliphatic rings. The molecule has 0 spiro atoms. The molecule has 4 heteroatoms. The first-order chi connectivity index (χ1) is 13.5. The molecule has 0 saturated carbocycles. The second-order valence-corrected chi connectivity index (χ2v) is 7.06. The molecule has 4 aromatic rings. The summed E-state index contributed by atoms with van der Waals surface area (Å²) in [5, 5.41) is 7.71. The number of nitrogens with zero attached hydrogens (tertiary/aromatic N) is 2. The Hall–Kier alpha value is -3.40. The molecule has 0 unspecified atom stereocenters. The molecule has 0 aliphatic heterocycles. The molecule has 4 nitrogen and oxygen atoms in total. The van der Waals surface area contributed by atoms with E-state index in [2.05, 4.69) is 65.3 Å². The Kier molecular flexibility index (Phi) is 4.70. The maximum atomic E-state index is 11.4. The van der Waals surface area contributed by atoms with Crippen LogP contribution in [0.2, 0.25) is 0 Å². The maximum Gasteiger partial charge on any atom is 0.331 e. The predicted molar refractivity (Wildman–Crippen MR) is 114 cm³/mol. The number of hydrogen-bond donors (Lipinski definition) is 0. The van der Waals surface area contributed by atoms with Crippen LogP contribution in [-0.2, 0) is 23.1 Å². The number of fused-ring (bicyclic) bond motifs is 3. The van der Waals surface area contributed by atoms with E-state index in [-0.39, 0.29) is 0 Å². The summed E-state index contributed by atoms with van der Waals surface area (Å²) in [6.07, 6.45) is 2.66. The van der Waals surface area contributed by atoms with Crippen molar-refractivity contribution >= 4 is 33.4 Å². The summed E-state index contributed by atoms with van der Waals surface area (Å²) in [5.41, 5.74) is 5.21. The molecule has 0 bridgehead atoms. The number of benzene rings is 3. The van der Waals surface area contributed by atoms with Crippen LogP contribution in [0.1, 0.15) is 23.6 Å². The Labute approximate surface area is 164 Å². The number of oxime groups is 1. The average Bonchev–Trinajstić information content (AvgIpc) is 3.03. The minimum Gasteiger partial charge on any atom is -0.349 e. The first kappa shape index (κ1) is 18.0. The quantitative estimate of drug-likeness (QED) is 0.283. The number of carbonyl (C=O) groups is 1. The van der Waals surface area contributed by atoms with E-state index in [0.29, 0.717) is 6.42 Å². The van der Waals surface area contributed by atoms with Gasteiger partial charge in [-0.25, -0.2) is 4.79 Å². The zero-order valence-electron chi connectivity index (χ0n) is 16.3. The lowest BCUT2D eigenvalue weighted by Gasteiger charge is -2.08. The number of rotatable bonds is 4. The van der Waals surface area contributed by atoms with Crippen LogP contribution in [0.25, 0.3) is 21.7 Å². The van der Waals surface area contributed by atoms with Crippen molar-refractivity contribution in [3.8, 4) is 0 Å². The number of aryl methyl sites for hydroxylation is 2. The molecule has 1 heterocycles. The fourth-order valence-corrected chi connectivity index (χ4v) is 3.70. The molecule has 3 aromatic carbocycles. The Morgan fingerprint density at radius 3 is 2.54 bits per heavy atom. The Bertz CT molecular complexity index is 1220. The largest absolute Gasteiger partial charge is 0.349 e. The van der Waals surface area contributed by atoms with Crippen molar-refractivity contribution in [3.63, 3.8) is 0 Å². The van der Waals surface area contributed by atoms with Crippen LogP contribution >= 0.6 is 0 Å². The Morgan fingerprint density at radius 2 is 1.75 bits per heavy atom. The van der Waals surface area contributed by atoms with Gasteiger partial charge in [0.15, 0.2) is 0 Å². The van der Waals surface area contributed by atoms with Crippen molar-refractivity contribution in [1.82, 2.24) is 4.57 Å². The van der Waals surface area contributed by atoms with Crippen molar-refractivity contribution in [3.05, 3.63) is 83.6 Å². The number of aromatic nitrogens is 1. The van der Waals surface area contributed by atoms with Gasteiger partial charge in [0.1, 0.15) is 0 Å². The molecule has 1 aromatic heterocycles. The van der Waals surface area contributed by atoms with Crippen molar-refractivity contribution in [2.45, 2.75) is 20.3 Å². The Morgan fingerprint density at radius 1 is 1.00 bits per heavy atom. The second kappa shape index (κ2) is 7.31. The van der Waals surface area contributed by atoms with Crippen molar-refractivity contribution in [1.29, 1.82) is 0 Å². The summed E-state index contributed by atoms with van der Waals surface area (Å²) in [4.78, 5) is 16.5. The zero-order chi connectivity index (χ0) is 19.7. The third kappa shape index (κ3) is 3.29. The third-order valence-electron chi connectivity index (χ3n) is 5.08. The lowest BCUT2D eigenvalue weighted by atomic mass is 9.97. The molecule has 0 saturated heterocycles. The molecule has 0 amide bonds. The van der Waals surface area contributed by atoms with Crippen molar-refractivity contribution in [2.75, 3.05) is 0 Å². The maximum absolute atomic E-state index is 11.4. The normalized spacial score (nSPS) is 11.9. The van der Waals surface area contributed by atoms with Crippen LogP contribution in [0.3, 0.4) is 0 Å². The summed E-state index contributed by atoms with van der Waals surface area (Å²) in [6, 6.07) is 20.8. The zero-order valence-corrected chi connectivity index (χ0v) is 16.3. The summed E-state index contributed by atoms with van der Waals surface area (Å²) in [5.74, 6) is -0.423. The fraction of sp³-hybridized carbons (Fsp3) is 0.167. The van der Waals surface area contributed by atoms with Gasteiger partial charge in [0.25, 0.3) is 0 Å². The average molecular weight is 370 g/mol. The summed E-state index contributed by atoms with van der Waals surface area (Å²) >= 11 is 0. The fourth-order valence-electron chi connectivity index (χ4n) is 3.70. The SMILES string of the molecule is CC(=O)O/N=C(\Cc1ccccc1C)c1cn(C)c2c1ccc1ccccc12. The van der Waals surface area contributed by atoms with E-state index in [1.165, 1.54) is 23.3 Å². The monoisotopic (exact) mass is 370 g/mol. The van der Waals surface area contributed by atoms with E-state index in [0.717, 1.165) is 27.7 Å². The van der Waals surface area contributed by atoms with Gasteiger partial charge in [0.05, 0.1) is 11.2 Å². The standard InChI is InChI=1S/C24H22N2O2/c1-16-8-4-5-10-19(16)14-23(25-28-17(2)27)22-15-26(3)24-20-11-7-6-9-18(20)12-13-21(22)24/h4-13,15H,14H2,1-3H3/b25-23+. The molecule has 0 fully saturated rings. The highest BCUT2D eigenvalue weighted by Gasteiger charge is 2.16. The molecule has 0 aliphatic carbocycles. The summed E-state index contributed by atoms with van der Waals surface area (Å²) in [6.45, 7) is 3.45. The molecular weight excluding hydrogens is 348 g/mol. The highest BCUT2D eigenvalue weighted by atomic mass is 16.7. The van der Waals surface area contributed by atoms with Crippen molar-refractivity contribution < 1.29 is 9.63 Å². The van der Waals surface area contributed by atoms with Gasteiger partial charge in [0.2, 0.25) is 0 Å². The molecule has 140 valence electrons. The molecule has 0 atom stereocenters. The summed E-state index contributed by atoms with van der Waals surface area (Å²) in [7, 11) is 2.04. The van der Waals surface area contributed by atoms with E-state index in [1.807, 2.05) is 25.2 Å². The van der Waals surface area contributed by atoms with E-state index in [9.17, 15) is 4.79 Å². The van der Waals surface area contributed by atoms with Crippen LogP contribution in [0, 0.1) is 6.92 Å². The van der Waals surface area contributed by atoms with Crippen molar-refractivity contribution in [2.24, 2.45) is 12.2 Å². The highest BCUT2D eigenvalue weighted by molar-refractivity contribution is 6.17. The van der Waals surface area contributed by atoms with Gasteiger partial charge < -0.3 is 9.40 Å². The van der Waals surface area contributed by atoms with Gasteiger partial charge in [-0.15, -0.1) is 0 Å². The van der Waals surface area contributed by atoms with Crippen LogP contribution in [-0.4, -0.2) is 16.2 Å². The first-order valence-electron chi connectivity index (χ1n) is 9.30. The molecule has 0 N–H and O–H groups in total. The van der Waals surface area contributed by atoms with Gasteiger partial charge in [-0.05, 0) is 23.4 Å². The predicted octanol–water partition coefficient (Wildman–Crippen LogP) is 5.15. The summed E-state index contributed by atoms with van der Waals surface area (Å²) < 4.78 is 2.12. The minimum absolute atomic E-state index is 0.423. The minimum atomic E-state index is -0.423. The van der Waals surface area contributed by atoms with E-state index in [4.69, 9.17) is 4.84 Å². The lowest BCUT2D eigenvalue weighted by molar-refractivity contribution is -0.140. The van der Waals surface area contributed by atoms with Crippen LogP contribution < -0.4 is 0 Å². The smallest absolute Gasteiger partial charge is 0.331 e. The molecular formula is C24H22N2O2. The van der Waals surface area contributed by atoms with Crippen LogP contribution in [0.15, 0.2) is 72.0 Å². The van der Waals surface area contributed by atoms with E-state index in [1.54, 1.807) is 0 Å². The van der Waals surface area contributed by atoms with Gasteiger partial charge in [-0.1, -0.05) is 65.8 Å². The molecule has 0 radical (unpaired) electrons. The second-order valence-electron chi connectivity index (χ2n) is 7.06. The van der Waals surface area contributed by atoms with Crippen LogP contribution in [0.5, 0.6) is 0 Å². The highest BCUT2D eigenvalue weighted by Crippen LogP contribution is 2.30. The van der Waals surface area contributed by atoms with E-state index >= 15 is 0 Å². The third-order valence-corrected chi connectivity index (χ3v) is 5.08. The Balaban J connectivity index is 1.90. The molecule has 4 rings (SSSR count). The van der Waals surface area contributed by atoms with Gasteiger partial charge in [0, 0.05) is 42.9 Å². The van der Waals surface area contributed by atoms with Gasteiger partial charge in [-0.2, -0.15) is 0 Å². The lowest BCUT2D eigenvalue weighted by Crippen LogP contribution is -2.08. The van der Waals surface area contributed by atoms with Crippen LogP contribution in [0.4, 0.5) is 0 Å². The molecule has 28 heavy (non-hydrogen) atoms.